The second-order valence-corrected chi connectivity index (χ2v) is 5.52. The fraction of sp³-hybridized carbons (Fsp3) is 0.500. The predicted molar refractivity (Wildman–Crippen MR) is 75.7 cm³/mol. The van der Waals surface area contributed by atoms with Gasteiger partial charge in [-0.25, -0.2) is 0 Å². The molecule has 0 N–H and O–H groups in total. The summed E-state index contributed by atoms with van der Waals surface area (Å²) in [6.07, 6.45) is 2.33. The van der Waals surface area contributed by atoms with Crippen molar-refractivity contribution in [2.45, 2.75) is 12.8 Å². The Balaban J connectivity index is 2.04. The molecule has 0 amide bonds. The molecule has 1 aliphatic heterocycles. The minimum atomic E-state index is 0.684. The van der Waals surface area contributed by atoms with Crippen LogP contribution in [0.1, 0.15) is 18.4 Å². The third kappa shape index (κ3) is 3.04. The number of halogens is 1. The zero-order valence-corrected chi connectivity index (χ0v) is 12.1. The Morgan fingerprint density at radius 3 is 2.72 bits per heavy atom. The standard InChI is InChI=1S/C14H17BrN2O/c1-18-10-11-4-6-17(7-5-11)14-3-2-12(9-16)8-13(14)15/h2-3,8,11H,4-7,10H2,1H3. The molecule has 1 aliphatic rings. The molecule has 1 saturated heterocycles. The Labute approximate surface area is 116 Å². The van der Waals surface area contributed by atoms with Gasteiger partial charge in [-0.1, -0.05) is 0 Å². The molecule has 3 nitrogen and oxygen atoms in total. The van der Waals surface area contributed by atoms with Crippen molar-refractivity contribution < 1.29 is 4.74 Å². The summed E-state index contributed by atoms with van der Waals surface area (Å²) in [6, 6.07) is 7.95. The number of nitriles is 1. The van der Waals surface area contributed by atoms with Crippen LogP contribution in [-0.4, -0.2) is 26.8 Å². The molecular formula is C14H17BrN2O. The number of anilines is 1. The number of hydrogen-bond donors (Lipinski definition) is 0. The Morgan fingerprint density at radius 1 is 1.44 bits per heavy atom. The van der Waals surface area contributed by atoms with Gasteiger partial charge in [0, 0.05) is 31.3 Å². The van der Waals surface area contributed by atoms with Gasteiger partial charge in [-0.15, -0.1) is 0 Å². The van der Waals surface area contributed by atoms with Gasteiger partial charge in [-0.3, -0.25) is 0 Å². The van der Waals surface area contributed by atoms with E-state index in [1.807, 2.05) is 18.2 Å². The van der Waals surface area contributed by atoms with E-state index < -0.39 is 0 Å². The molecule has 0 aliphatic carbocycles. The van der Waals surface area contributed by atoms with Gasteiger partial charge in [-0.05, 0) is 52.9 Å². The molecule has 0 unspecified atom stereocenters. The van der Waals surface area contributed by atoms with Gasteiger partial charge in [0.05, 0.1) is 17.3 Å². The SMILES string of the molecule is COCC1CCN(c2ccc(C#N)cc2Br)CC1. The summed E-state index contributed by atoms with van der Waals surface area (Å²) in [7, 11) is 1.77. The van der Waals surface area contributed by atoms with Gasteiger partial charge in [-0.2, -0.15) is 5.26 Å². The first-order chi connectivity index (χ1) is 8.74. The fourth-order valence-electron chi connectivity index (χ4n) is 2.41. The number of hydrogen-bond acceptors (Lipinski definition) is 3. The first-order valence-electron chi connectivity index (χ1n) is 6.18. The number of methoxy groups -OCH3 is 1. The second-order valence-electron chi connectivity index (χ2n) is 4.66. The number of nitrogens with zero attached hydrogens (tertiary/aromatic N) is 2. The van der Waals surface area contributed by atoms with Crippen molar-refractivity contribution in [2.24, 2.45) is 5.92 Å². The lowest BCUT2D eigenvalue weighted by Crippen LogP contribution is -2.35. The van der Waals surface area contributed by atoms with E-state index in [2.05, 4.69) is 26.9 Å². The topological polar surface area (TPSA) is 36.3 Å². The van der Waals surface area contributed by atoms with Gasteiger partial charge in [0.2, 0.25) is 0 Å². The van der Waals surface area contributed by atoms with E-state index in [1.165, 1.54) is 18.5 Å². The average Bonchev–Trinajstić information content (AvgIpc) is 2.40. The van der Waals surface area contributed by atoms with Gasteiger partial charge in [0.15, 0.2) is 0 Å². The molecule has 0 atom stereocenters. The summed E-state index contributed by atoms with van der Waals surface area (Å²) in [4.78, 5) is 2.37. The van der Waals surface area contributed by atoms with Crippen LogP contribution in [0.3, 0.4) is 0 Å². The second kappa shape index (κ2) is 6.21. The van der Waals surface area contributed by atoms with Crippen molar-refractivity contribution in [3.8, 4) is 6.07 Å². The van der Waals surface area contributed by atoms with Crippen LogP contribution >= 0.6 is 15.9 Å². The molecule has 0 radical (unpaired) electrons. The van der Waals surface area contributed by atoms with Crippen molar-refractivity contribution in [3.05, 3.63) is 28.2 Å². The molecule has 2 rings (SSSR count). The molecule has 96 valence electrons. The van der Waals surface area contributed by atoms with E-state index in [1.54, 1.807) is 7.11 Å². The normalized spacial score (nSPS) is 16.6. The van der Waals surface area contributed by atoms with Gasteiger partial charge >= 0.3 is 0 Å². The number of ether oxygens (including phenoxy) is 1. The van der Waals surface area contributed by atoms with Crippen LogP contribution in [0.25, 0.3) is 0 Å². The molecular weight excluding hydrogens is 292 g/mol. The minimum absolute atomic E-state index is 0.684. The molecule has 4 heteroatoms. The van der Waals surface area contributed by atoms with Crippen LogP contribution in [0.4, 0.5) is 5.69 Å². The zero-order chi connectivity index (χ0) is 13.0. The third-order valence-corrected chi connectivity index (χ3v) is 4.07. The molecule has 1 aromatic rings. The Bertz CT molecular complexity index is 448. The van der Waals surface area contributed by atoms with E-state index in [-0.39, 0.29) is 0 Å². The van der Waals surface area contributed by atoms with E-state index >= 15 is 0 Å². The number of rotatable bonds is 3. The van der Waals surface area contributed by atoms with Crippen molar-refractivity contribution in [1.82, 2.24) is 0 Å². The van der Waals surface area contributed by atoms with Crippen molar-refractivity contribution in [3.63, 3.8) is 0 Å². The molecule has 0 spiro atoms. The minimum Gasteiger partial charge on any atom is -0.384 e. The highest BCUT2D eigenvalue weighted by Crippen LogP contribution is 2.30. The highest BCUT2D eigenvalue weighted by Gasteiger charge is 2.20. The first-order valence-corrected chi connectivity index (χ1v) is 6.97. The maximum atomic E-state index is 8.86. The number of benzene rings is 1. The molecule has 0 aromatic heterocycles. The van der Waals surface area contributed by atoms with Crippen LogP contribution in [0, 0.1) is 17.2 Å². The first kappa shape index (κ1) is 13.4. The lowest BCUT2D eigenvalue weighted by Gasteiger charge is -2.34. The van der Waals surface area contributed by atoms with Crippen LogP contribution in [0.15, 0.2) is 22.7 Å². The number of piperidine rings is 1. The summed E-state index contributed by atoms with van der Waals surface area (Å²) >= 11 is 3.55. The molecule has 18 heavy (non-hydrogen) atoms. The maximum Gasteiger partial charge on any atom is 0.0992 e. The Hall–Kier alpha value is -1.05. The fourth-order valence-corrected chi connectivity index (χ4v) is 3.04. The molecule has 1 aromatic carbocycles. The highest BCUT2D eigenvalue weighted by atomic mass is 79.9. The van der Waals surface area contributed by atoms with E-state index in [0.717, 1.165) is 24.2 Å². The van der Waals surface area contributed by atoms with Gasteiger partial charge in [0.25, 0.3) is 0 Å². The van der Waals surface area contributed by atoms with Crippen molar-refractivity contribution in [1.29, 1.82) is 5.26 Å². The molecule has 0 bridgehead atoms. The van der Waals surface area contributed by atoms with E-state index in [9.17, 15) is 0 Å². The smallest absolute Gasteiger partial charge is 0.0992 e. The summed E-state index contributed by atoms with van der Waals surface area (Å²) in [6.45, 7) is 2.97. The van der Waals surface area contributed by atoms with E-state index in [4.69, 9.17) is 10.00 Å². The predicted octanol–water partition coefficient (Wildman–Crippen LogP) is 3.18. The third-order valence-electron chi connectivity index (χ3n) is 3.43. The molecule has 1 fully saturated rings. The van der Waals surface area contributed by atoms with Crippen LogP contribution in [-0.2, 0) is 4.74 Å². The monoisotopic (exact) mass is 308 g/mol. The lowest BCUT2D eigenvalue weighted by atomic mass is 9.97. The summed E-state index contributed by atoms with van der Waals surface area (Å²) in [5, 5.41) is 8.86. The van der Waals surface area contributed by atoms with E-state index in [0.29, 0.717) is 11.5 Å². The molecule has 0 saturated carbocycles. The Morgan fingerprint density at radius 2 is 2.17 bits per heavy atom. The maximum absolute atomic E-state index is 8.86. The van der Waals surface area contributed by atoms with Gasteiger partial charge in [0.1, 0.15) is 0 Å². The van der Waals surface area contributed by atoms with Crippen LogP contribution in [0.2, 0.25) is 0 Å². The quantitative estimate of drug-likeness (QED) is 0.860. The summed E-state index contributed by atoms with van der Waals surface area (Å²) in [5.41, 5.74) is 1.88. The van der Waals surface area contributed by atoms with Gasteiger partial charge < -0.3 is 9.64 Å². The highest BCUT2D eigenvalue weighted by molar-refractivity contribution is 9.10. The summed E-state index contributed by atoms with van der Waals surface area (Å²) < 4.78 is 6.22. The van der Waals surface area contributed by atoms with Crippen LogP contribution in [0.5, 0.6) is 0 Å². The summed E-state index contributed by atoms with van der Waals surface area (Å²) in [5.74, 6) is 0.684. The van der Waals surface area contributed by atoms with Crippen molar-refractivity contribution >= 4 is 21.6 Å². The lowest BCUT2D eigenvalue weighted by molar-refractivity contribution is 0.139. The van der Waals surface area contributed by atoms with Crippen LogP contribution < -0.4 is 4.90 Å². The largest absolute Gasteiger partial charge is 0.384 e. The zero-order valence-electron chi connectivity index (χ0n) is 10.5. The van der Waals surface area contributed by atoms with Crippen molar-refractivity contribution in [2.75, 3.05) is 31.7 Å². The average molecular weight is 309 g/mol. The Kier molecular flexibility index (Phi) is 4.62. The molecule has 1 heterocycles.